The lowest BCUT2D eigenvalue weighted by atomic mass is 9.98. The average Bonchev–Trinajstić information content (AvgIpc) is 3.08. The van der Waals surface area contributed by atoms with Crippen molar-refractivity contribution in [1.82, 2.24) is 9.72 Å². The first-order valence-corrected chi connectivity index (χ1v) is 8.85. The van der Waals surface area contributed by atoms with Gasteiger partial charge in [-0.2, -0.15) is 5.16 Å². The Morgan fingerprint density at radius 3 is 2.75 bits per heavy atom. The van der Waals surface area contributed by atoms with E-state index in [-0.39, 0.29) is 40.4 Å². The van der Waals surface area contributed by atoms with E-state index >= 15 is 4.39 Å². The molecule has 3 N–H and O–H groups in total. The number of aromatic nitrogens is 2. The monoisotopic (exact) mass is 381 g/mol. The number of ether oxygens (including phenoxy) is 1. The highest BCUT2D eigenvalue weighted by Crippen LogP contribution is 2.42. The van der Waals surface area contributed by atoms with Crippen LogP contribution in [0.15, 0.2) is 44.4 Å². The highest BCUT2D eigenvalue weighted by molar-refractivity contribution is 5.99. The average molecular weight is 381 g/mol. The van der Waals surface area contributed by atoms with Gasteiger partial charge in [-0.3, -0.25) is 14.2 Å². The van der Waals surface area contributed by atoms with Gasteiger partial charge in [0.2, 0.25) is 11.1 Å². The maximum atomic E-state index is 15.1. The summed E-state index contributed by atoms with van der Waals surface area (Å²) in [7, 11) is 0. The number of hydrogen-bond donors (Lipinski definition) is 2. The number of pyridine rings is 1. The molecule has 0 spiro atoms. The van der Waals surface area contributed by atoms with Crippen LogP contribution in [0.5, 0.6) is 5.75 Å². The molecule has 5 rings (SSSR count). The SMILES string of the molecule is CC1COc2c(-c3ccc(CN)cc3)c(F)cc3c(=O)c4c(=O)[nH]oc4n1c23. The van der Waals surface area contributed by atoms with E-state index in [4.69, 9.17) is 15.0 Å². The molecular formula is C20H16FN3O4. The summed E-state index contributed by atoms with van der Waals surface area (Å²) in [6.45, 7) is 2.50. The predicted molar refractivity (Wildman–Crippen MR) is 102 cm³/mol. The second kappa shape index (κ2) is 5.80. The highest BCUT2D eigenvalue weighted by atomic mass is 19.1. The van der Waals surface area contributed by atoms with Gasteiger partial charge >= 0.3 is 0 Å². The van der Waals surface area contributed by atoms with Gasteiger partial charge < -0.3 is 15.0 Å². The molecule has 1 unspecified atom stereocenters. The third kappa shape index (κ3) is 2.12. The van der Waals surface area contributed by atoms with Gasteiger partial charge in [-0.25, -0.2) is 4.39 Å². The maximum Gasteiger partial charge on any atom is 0.293 e. The van der Waals surface area contributed by atoms with E-state index in [2.05, 4.69) is 5.16 Å². The van der Waals surface area contributed by atoms with Gasteiger partial charge in [0.25, 0.3) is 5.56 Å². The Hall–Kier alpha value is -3.39. The van der Waals surface area contributed by atoms with Crippen LogP contribution in [-0.4, -0.2) is 16.3 Å². The van der Waals surface area contributed by atoms with Crippen LogP contribution >= 0.6 is 0 Å². The minimum Gasteiger partial charge on any atom is -0.488 e. The number of benzene rings is 2. The van der Waals surface area contributed by atoms with Gasteiger partial charge in [-0.05, 0) is 24.1 Å². The molecule has 7 nitrogen and oxygen atoms in total. The van der Waals surface area contributed by atoms with Crippen LogP contribution in [-0.2, 0) is 6.54 Å². The van der Waals surface area contributed by atoms with Crippen molar-refractivity contribution in [3.63, 3.8) is 0 Å². The van der Waals surface area contributed by atoms with Crippen LogP contribution < -0.4 is 21.5 Å². The van der Waals surface area contributed by atoms with Crippen LogP contribution in [0, 0.1) is 5.82 Å². The number of H-pyrrole nitrogens is 1. The summed E-state index contributed by atoms with van der Waals surface area (Å²) in [6.07, 6.45) is 0. The fourth-order valence-electron chi connectivity index (χ4n) is 3.84. The van der Waals surface area contributed by atoms with Crippen molar-refractivity contribution in [2.45, 2.75) is 19.5 Å². The second-order valence-corrected chi connectivity index (χ2v) is 6.93. The number of rotatable bonds is 2. The zero-order valence-corrected chi connectivity index (χ0v) is 14.9. The number of halogens is 1. The van der Waals surface area contributed by atoms with Gasteiger partial charge in [0.05, 0.1) is 22.5 Å². The number of fused-ring (bicyclic) bond motifs is 2. The van der Waals surface area contributed by atoms with E-state index in [9.17, 15) is 9.59 Å². The molecule has 0 saturated carbocycles. The van der Waals surface area contributed by atoms with E-state index in [1.54, 1.807) is 16.7 Å². The molecule has 0 radical (unpaired) electrons. The largest absolute Gasteiger partial charge is 0.488 e. The number of nitrogens with zero attached hydrogens (tertiary/aromatic N) is 1. The minimum absolute atomic E-state index is 0.0841. The molecule has 0 bridgehead atoms. The first kappa shape index (κ1) is 16.8. The van der Waals surface area contributed by atoms with Crippen LogP contribution in [0.4, 0.5) is 4.39 Å². The molecule has 0 fully saturated rings. The van der Waals surface area contributed by atoms with Crippen molar-refractivity contribution in [2.24, 2.45) is 5.73 Å². The van der Waals surface area contributed by atoms with E-state index < -0.39 is 16.8 Å². The molecule has 8 heteroatoms. The third-order valence-electron chi connectivity index (χ3n) is 5.21. The van der Waals surface area contributed by atoms with Crippen molar-refractivity contribution in [3.8, 4) is 16.9 Å². The van der Waals surface area contributed by atoms with Gasteiger partial charge in [0.1, 0.15) is 12.4 Å². The normalized spacial score (nSPS) is 15.9. The Balaban J connectivity index is 1.96. The lowest BCUT2D eigenvalue weighted by Crippen LogP contribution is -2.25. The molecule has 2 aromatic heterocycles. The van der Waals surface area contributed by atoms with Crippen molar-refractivity contribution in [2.75, 3.05) is 6.61 Å². The number of hydrogen-bond acceptors (Lipinski definition) is 5. The summed E-state index contributed by atoms with van der Waals surface area (Å²) in [5.41, 5.74) is 6.76. The van der Waals surface area contributed by atoms with Crippen molar-refractivity contribution >= 4 is 22.0 Å². The third-order valence-corrected chi connectivity index (χ3v) is 5.21. The van der Waals surface area contributed by atoms with Gasteiger partial charge in [-0.15, -0.1) is 0 Å². The smallest absolute Gasteiger partial charge is 0.293 e. The molecule has 0 saturated heterocycles. The summed E-state index contributed by atoms with van der Waals surface area (Å²) in [6, 6.07) is 8.12. The molecule has 28 heavy (non-hydrogen) atoms. The molecule has 2 aromatic carbocycles. The lowest BCUT2D eigenvalue weighted by molar-refractivity contribution is 0.245. The van der Waals surface area contributed by atoms with Crippen molar-refractivity contribution < 1.29 is 13.7 Å². The summed E-state index contributed by atoms with van der Waals surface area (Å²) >= 11 is 0. The van der Waals surface area contributed by atoms with Crippen LogP contribution in [0.3, 0.4) is 0 Å². The van der Waals surface area contributed by atoms with E-state index in [1.165, 1.54) is 0 Å². The zero-order valence-electron chi connectivity index (χ0n) is 14.9. The molecule has 0 aliphatic carbocycles. The van der Waals surface area contributed by atoms with E-state index in [1.807, 2.05) is 19.1 Å². The maximum absolute atomic E-state index is 15.1. The van der Waals surface area contributed by atoms with Gasteiger partial charge in [-0.1, -0.05) is 24.3 Å². The fraction of sp³-hybridized carbons (Fsp3) is 0.200. The molecular weight excluding hydrogens is 365 g/mol. The molecule has 1 aliphatic heterocycles. The number of aromatic amines is 1. The summed E-state index contributed by atoms with van der Waals surface area (Å²) in [5.74, 6) is -0.336. The van der Waals surface area contributed by atoms with Crippen molar-refractivity contribution in [1.29, 1.82) is 0 Å². The van der Waals surface area contributed by atoms with E-state index in [0.717, 1.165) is 11.6 Å². The van der Waals surface area contributed by atoms with Crippen LogP contribution in [0.1, 0.15) is 18.5 Å². The highest BCUT2D eigenvalue weighted by Gasteiger charge is 2.30. The summed E-state index contributed by atoms with van der Waals surface area (Å²) in [4.78, 5) is 24.9. The molecule has 4 aromatic rings. The molecule has 0 amide bonds. The Labute approximate surface area is 157 Å². The fourth-order valence-corrected chi connectivity index (χ4v) is 3.84. The Morgan fingerprint density at radius 2 is 2.04 bits per heavy atom. The molecule has 1 atom stereocenters. The predicted octanol–water partition coefficient (Wildman–Crippen LogP) is 2.65. The first-order chi connectivity index (χ1) is 13.5. The number of nitrogens with one attached hydrogen (secondary N) is 1. The first-order valence-electron chi connectivity index (χ1n) is 8.85. The Bertz CT molecular complexity index is 1370. The van der Waals surface area contributed by atoms with Gasteiger partial charge in [0, 0.05) is 6.54 Å². The van der Waals surface area contributed by atoms with Gasteiger partial charge in [0.15, 0.2) is 11.1 Å². The van der Waals surface area contributed by atoms with Crippen LogP contribution in [0.2, 0.25) is 0 Å². The standard InChI is InChI=1S/C20H16FN3O4/c1-9-8-27-18-14(11-4-2-10(7-22)3-5-11)13(21)6-12-16(18)24(9)20-15(17(12)25)19(26)23-28-20/h2-6,9H,7-8,22H2,1H3,(H,23,26). The Kier molecular flexibility index (Phi) is 3.47. The Morgan fingerprint density at radius 1 is 1.29 bits per heavy atom. The van der Waals surface area contributed by atoms with Crippen molar-refractivity contribution in [3.05, 3.63) is 62.3 Å². The molecule has 142 valence electrons. The van der Waals surface area contributed by atoms with E-state index in [0.29, 0.717) is 17.6 Å². The summed E-state index contributed by atoms with van der Waals surface area (Å²) in [5, 5.41) is 2.17. The number of nitrogens with two attached hydrogens (primary N) is 1. The summed E-state index contributed by atoms with van der Waals surface area (Å²) < 4.78 is 28.0. The topological polar surface area (TPSA) is 103 Å². The zero-order chi connectivity index (χ0) is 19.6. The second-order valence-electron chi connectivity index (χ2n) is 6.93. The lowest BCUT2D eigenvalue weighted by Gasteiger charge is -2.28. The van der Waals surface area contributed by atoms with Crippen LogP contribution in [0.25, 0.3) is 33.1 Å². The molecule has 1 aliphatic rings. The minimum atomic E-state index is -0.632. The molecule has 3 heterocycles. The quantitative estimate of drug-likeness (QED) is 0.556.